The van der Waals surface area contributed by atoms with Crippen molar-refractivity contribution < 1.29 is 44.3 Å². The Morgan fingerprint density at radius 1 is 0.978 bits per heavy atom. The normalized spacial score (nSPS) is 18.2. The number of anilines is 1. The van der Waals surface area contributed by atoms with Gasteiger partial charge in [-0.25, -0.2) is 13.6 Å². The molecule has 0 aliphatic carbocycles. The van der Waals surface area contributed by atoms with E-state index in [0.717, 1.165) is 0 Å². The van der Waals surface area contributed by atoms with E-state index in [0.29, 0.717) is 22.1 Å². The number of carbonyl (C=O) groups is 4. The molecule has 1 aliphatic heterocycles. The standard InChI is InChI=1S/C33H35F2N3O7S/c1-18(2)28(33(43)44)37-31(41)19(3)36-27(40)16-45-25-14-6-21(7-15-25)29-30(32(42)38(29)24-12-10-23(35)11-13-24)46-17-26(39)20-4-8-22(34)9-5-20/h4-15,18-19,26,28-30,39H,16-17H2,1-3H3,(H,36,40)(H,37,41)(H,43,44)/t19-,26?,28-,29+,30+/m0/s1/i/hD. The van der Waals surface area contributed by atoms with Gasteiger partial charge in [-0.15, -0.1) is 11.8 Å². The third-order valence-corrected chi connectivity index (χ3v) is 8.70. The number of ether oxygens (including phenoxy) is 1. The van der Waals surface area contributed by atoms with Crippen molar-refractivity contribution in [3.8, 4) is 5.75 Å². The number of rotatable bonds is 14. The molecule has 10 nitrogen and oxygen atoms in total. The fraction of sp³-hybridized carbons (Fsp3) is 0.333. The molecule has 13 heteroatoms. The van der Waals surface area contributed by atoms with Crippen LogP contribution in [0.5, 0.6) is 5.75 Å². The number of benzene rings is 3. The van der Waals surface area contributed by atoms with Crippen LogP contribution in [0.4, 0.5) is 14.5 Å². The maximum atomic E-state index is 13.6. The van der Waals surface area contributed by atoms with Gasteiger partial charge in [0.2, 0.25) is 11.8 Å². The van der Waals surface area contributed by atoms with Crippen LogP contribution in [0.1, 0.15) is 44.0 Å². The average Bonchev–Trinajstić information content (AvgIpc) is 3.05. The van der Waals surface area contributed by atoms with E-state index in [-0.39, 0.29) is 17.4 Å². The molecule has 3 aromatic carbocycles. The van der Waals surface area contributed by atoms with Crippen LogP contribution in [0, 0.1) is 17.6 Å². The number of hydrogen-bond acceptors (Lipinski definition) is 7. The van der Waals surface area contributed by atoms with Crippen molar-refractivity contribution in [1.82, 2.24) is 10.6 Å². The molecular weight excluding hydrogens is 620 g/mol. The number of hydrogen-bond donors (Lipinski definition) is 4. The van der Waals surface area contributed by atoms with Gasteiger partial charge in [-0.3, -0.25) is 14.4 Å². The van der Waals surface area contributed by atoms with Crippen LogP contribution >= 0.6 is 11.8 Å². The second kappa shape index (κ2) is 15.2. The molecule has 0 saturated carbocycles. The molecule has 1 heterocycles. The molecule has 3 amide bonds. The lowest BCUT2D eigenvalue weighted by molar-refractivity contribution is -0.143. The van der Waals surface area contributed by atoms with Gasteiger partial charge < -0.3 is 30.5 Å². The highest BCUT2D eigenvalue weighted by atomic mass is 32.2. The number of aliphatic carboxylic acids is 1. The first kappa shape index (κ1) is 32.9. The SMILES string of the molecule is [2H]N(C(=O)COc1ccc([C@@H]2[C@@H](SCC(O)c3ccc(F)cc3)C(=O)N2c2ccc(F)cc2)cc1)[C@@H](C)C(=O)N[C@H](C(=O)O)C(C)C. The number of carboxylic acids is 1. The molecule has 5 atom stereocenters. The third-order valence-electron chi connectivity index (χ3n) is 7.37. The van der Waals surface area contributed by atoms with Crippen LogP contribution in [0.3, 0.4) is 0 Å². The van der Waals surface area contributed by atoms with Gasteiger partial charge in [0.25, 0.3) is 5.91 Å². The fourth-order valence-corrected chi connectivity index (χ4v) is 6.12. The van der Waals surface area contributed by atoms with Crippen molar-refractivity contribution in [2.75, 3.05) is 17.3 Å². The summed E-state index contributed by atoms with van der Waals surface area (Å²) in [5.74, 6) is -3.96. The highest BCUT2D eigenvalue weighted by Gasteiger charge is 2.49. The molecule has 46 heavy (non-hydrogen) atoms. The van der Waals surface area contributed by atoms with Crippen molar-refractivity contribution in [3.63, 3.8) is 0 Å². The first-order chi connectivity index (χ1) is 22.3. The summed E-state index contributed by atoms with van der Waals surface area (Å²) in [6.07, 6.45) is -0.943. The topological polar surface area (TPSA) is 145 Å². The Hall–Kier alpha value is -4.49. The van der Waals surface area contributed by atoms with E-state index in [1.807, 2.05) is 0 Å². The lowest BCUT2D eigenvalue weighted by Gasteiger charge is -2.47. The summed E-state index contributed by atoms with van der Waals surface area (Å²) in [7, 11) is 0. The van der Waals surface area contributed by atoms with Gasteiger partial charge in [0.1, 0.15) is 34.7 Å². The van der Waals surface area contributed by atoms with Crippen LogP contribution in [0.25, 0.3) is 0 Å². The zero-order chi connectivity index (χ0) is 34.4. The molecule has 1 saturated heterocycles. The van der Waals surface area contributed by atoms with Crippen LogP contribution in [0.2, 0.25) is 1.41 Å². The van der Waals surface area contributed by atoms with Gasteiger partial charge in [-0.1, -0.05) is 38.1 Å². The number of aliphatic hydroxyl groups excluding tert-OH is 1. The van der Waals surface area contributed by atoms with E-state index in [2.05, 4.69) is 5.32 Å². The number of halogens is 2. The molecular formula is C33H35F2N3O7S. The summed E-state index contributed by atoms with van der Waals surface area (Å²) in [5.41, 5.74) is 1.70. The summed E-state index contributed by atoms with van der Waals surface area (Å²) in [6.45, 7) is 3.97. The van der Waals surface area contributed by atoms with E-state index >= 15 is 0 Å². The Balaban J connectivity index is 1.41. The zero-order valence-electron chi connectivity index (χ0n) is 26.3. The molecule has 244 valence electrons. The second-order valence-corrected chi connectivity index (χ2v) is 12.3. The van der Waals surface area contributed by atoms with E-state index in [1.54, 1.807) is 38.1 Å². The highest BCUT2D eigenvalue weighted by Crippen LogP contribution is 2.46. The Morgan fingerprint density at radius 2 is 1.57 bits per heavy atom. The molecule has 4 N–H and O–H groups in total. The predicted molar refractivity (Wildman–Crippen MR) is 168 cm³/mol. The molecule has 1 unspecified atom stereocenters. The minimum absolute atomic E-state index is 0.160. The number of carboxylic acid groups (broad SMARTS) is 1. The second-order valence-electron chi connectivity index (χ2n) is 11.1. The number of nitrogens with one attached hydrogen (secondary N) is 2. The zero-order valence-corrected chi connectivity index (χ0v) is 26.1. The minimum atomic E-state index is -1.28. The molecule has 1 fully saturated rings. The van der Waals surface area contributed by atoms with Gasteiger partial charge >= 0.3 is 5.97 Å². The number of aliphatic hydroxyl groups is 1. The maximum Gasteiger partial charge on any atom is 0.326 e. The van der Waals surface area contributed by atoms with Crippen LogP contribution in [-0.2, 0) is 19.2 Å². The Morgan fingerprint density at radius 3 is 2.13 bits per heavy atom. The van der Waals surface area contributed by atoms with Crippen molar-refractivity contribution in [3.05, 3.63) is 95.6 Å². The first-order valence-electron chi connectivity index (χ1n) is 14.9. The van der Waals surface area contributed by atoms with Crippen molar-refractivity contribution in [2.24, 2.45) is 5.92 Å². The van der Waals surface area contributed by atoms with Gasteiger partial charge in [0.05, 0.1) is 12.1 Å². The van der Waals surface area contributed by atoms with Crippen LogP contribution in [0.15, 0.2) is 72.8 Å². The van der Waals surface area contributed by atoms with Gasteiger partial charge in [-0.05, 0) is 72.5 Å². The number of nitrogens with zero attached hydrogens (tertiary/aromatic N) is 1. The molecule has 0 radical (unpaired) electrons. The van der Waals surface area contributed by atoms with Crippen molar-refractivity contribution >= 4 is 41.1 Å². The Kier molecular flexibility index (Phi) is 10.9. The van der Waals surface area contributed by atoms with Gasteiger partial charge in [0.15, 0.2) is 8.02 Å². The molecule has 0 bridgehead atoms. The molecule has 3 aromatic rings. The van der Waals surface area contributed by atoms with Crippen LogP contribution in [-0.4, -0.2) is 63.6 Å². The number of amides is 3. The maximum absolute atomic E-state index is 13.6. The highest BCUT2D eigenvalue weighted by molar-refractivity contribution is 8.00. The number of β-lactam (4-membered cyclic amide) rings is 1. The average molecular weight is 657 g/mol. The summed E-state index contributed by atoms with van der Waals surface area (Å²) in [5, 5.41) is 22.1. The van der Waals surface area contributed by atoms with Crippen LogP contribution < -0.4 is 20.3 Å². The fourth-order valence-electron chi connectivity index (χ4n) is 4.82. The van der Waals surface area contributed by atoms with Gasteiger partial charge in [0, 0.05) is 11.4 Å². The number of thioether (sulfide) groups is 1. The Labute approximate surface area is 270 Å². The lowest BCUT2D eigenvalue weighted by atomic mass is 9.92. The first-order valence-corrected chi connectivity index (χ1v) is 15.5. The van der Waals surface area contributed by atoms with Crippen molar-refractivity contribution in [2.45, 2.75) is 50.3 Å². The molecule has 0 aromatic heterocycles. The van der Waals surface area contributed by atoms with E-state index in [4.69, 9.17) is 6.15 Å². The summed E-state index contributed by atoms with van der Waals surface area (Å²) in [6, 6.07) is 14.6. The quantitative estimate of drug-likeness (QED) is 0.191. The third kappa shape index (κ3) is 8.40. The molecule has 4 rings (SSSR count). The predicted octanol–water partition coefficient (Wildman–Crippen LogP) is 4.00. The smallest absolute Gasteiger partial charge is 0.326 e. The lowest BCUT2D eigenvalue weighted by Crippen LogP contribution is -2.57. The number of carbonyl (C=O) groups excluding carboxylic acids is 3. The van der Waals surface area contributed by atoms with Crippen molar-refractivity contribution in [1.29, 1.82) is 0 Å². The van der Waals surface area contributed by atoms with E-state index in [9.17, 15) is 38.2 Å². The van der Waals surface area contributed by atoms with Gasteiger partial charge in [-0.2, -0.15) is 0 Å². The summed E-state index contributed by atoms with van der Waals surface area (Å²) >= 11 is 1.24. The minimum Gasteiger partial charge on any atom is -0.484 e. The van der Waals surface area contributed by atoms with E-state index < -0.39 is 71.4 Å². The monoisotopic (exact) mass is 656 g/mol. The van der Waals surface area contributed by atoms with E-state index in [1.165, 1.54) is 72.1 Å². The molecule has 0 spiro atoms. The summed E-state index contributed by atoms with van der Waals surface area (Å²) in [4.78, 5) is 51.3. The largest absolute Gasteiger partial charge is 0.484 e. The molecule has 1 aliphatic rings. The summed E-state index contributed by atoms with van der Waals surface area (Å²) < 4.78 is 40.5. The Bertz CT molecular complexity index is 1580.